The number of likely N-dealkylation sites (tertiary alicyclic amines) is 1. The second-order valence-corrected chi connectivity index (χ2v) is 5.75. The molecule has 1 aromatic rings. The minimum atomic E-state index is -4.50. The number of halogens is 3. The topological polar surface area (TPSA) is 69.6 Å². The number of amides is 2. The summed E-state index contributed by atoms with van der Waals surface area (Å²) in [6.07, 6.45) is -4.51. The number of alkyl halides is 3. The Morgan fingerprint density at radius 2 is 2.12 bits per heavy atom. The third-order valence-corrected chi connectivity index (χ3v) is 4.03. The van der Waals surface area contributed by atoms with E-state index in [1.165, 1.54) is 24.0 Å². The fourth-order valence-corrected chi connectivity index (χ4v) is 2.77. The van der Waals surface area contributed by atoms with Gasteiger partial charge in [0.1, 0.15) is 6.04 Å². The molecule has 2 atom stereocenters. The number of hydrogen-bond acceptors (Lipinski definition) is 3. The highest BCUT2D eigenvalue weighted by molar-refractivity contribution is 5.87. The molecular weight excluding hydrogens is 325 g/mol. The van der Waals surface area contributed by atoms with Gasteiger partial charge in [-0.1, -0.05) is 12.1 Å². The number of nitrogens with one attached hydrogen (secondary N) is 1. The van der Waals surface area contributed by atoms with Crippen LogP contribution in [-0.4, -0.2) is 41.0 Å². The molecule has 132 valence electrons. The van der Waals surface area contributed by atoms with Gasteiger partial charge in [0, 0.05) is 20.0 Å². The Morgan fingerprint density at radius 1 is 1.42 bits per heavy atom. The quantitative estimate of drug-likeness (QED) is 0.876. The molecule has 0 radical (unpaired) electrons. The zero-order chi connectivity index (χ0) is 17.9. The standard InChI is InChI=1S/C16H19F3N2O3/c1-10(22)21-7-3-6-13(21)15(24)20-9-14(23)11-4-2-5-12(8-11)16(17,18)19/h2,4-5,8,13-14,23H,3,6-7,9H2,1H3,(H,20,24)/t13-,14+/m0/s1. The number of carbonyl (C=O) groups is 2. The highest BCUT2D eigenvalue weighted by atomic mass is 19.4. The van der Waals surface area contributed by atoms with E-state index in [1.54, 1.807) is 0 Å². The molecule has 5 nitrogen and oxygen atoms in total. The summed E-state index contributed by atoms with van der Waals surface area (Å²) < 4.78 is 38.0. The molecule has 0 aliphatic carbocycles. The fraction of sp³-hybridized carbons (Fsp3) is 0.500. The third kappa shape index (κ3) is 4.25. The van der Waals surface area contributed by atoms with Gasteiger partial charge in [-0.3, -0.25) is 9.59 Å². The fourth-order valence-electron chi connectivity index (χ4n) is 2.77. The summed E-state index contributed by atoms with van der Waals surface area (Å²) in [5.41, 5.74) is -0.788. The van der Waals surface area contributed by atoms with E-state index in [4.69, 9.17) is 0 Å². The molecular formula is C16H19F3N2O3. The first kappa shape index (κ1) is 18.3. The molecule has 1 aromatic carbocycles. The lowest BCUT2D eigenvalue weighted by Crippen LogP contribution is -2.46. The van der Waals surface area contributed by atoms with E-state index in [0.717, 1.165) is 12.1 Å². The van der Waals surface area contributed by atoms with Crippen LogP contribution in [0.5, 0.6) is 0 Å². The molecule has 1 aliphatic rings. The predicted molar refractivity (Wildman–Crippen MR) is 79.8 cm³/mol. The molecule has 0 aromatic heterocycles. The molecule has 0 spiro atoms. The molecule has 0 unspecified atom stereocenters. The number of rotatable bonds is 4. The lowest BCUT2D eigenvalue weighted by molar-refractivity contribution is -0.137. The van der Waals surface area contributed by atoms with Crippen LogP contribution in [0.2, 0.25) is 0 Å². The van der Waals surface area contributed by atoms with Crippen LogP contribution < -0.4 is 5.32 Å². The van der Waals surface area contributed by atoms with Crippen molar-refractivity contribution in [3.63, 3.8) is 0 Å². The minimum Gasteiger partial charge on any atom is -0.387 e. The SMILES string of the molecule is CC(=O)N1CCC[C@H]1C(=O)NC[C@@H](O)c1cccc(C(F)(F)F)c1. The average Bonchev–Trinajstić information content (AvgIpc) is 3.01. The molecule has 2 rings (SSSR count). The molecule has 1 aliphatic heterocycles. The average molecular weight is 344 g/mol. The first-order valence-corrected chi connectivity index (χ1v) is 7.60. The number of aliphatic hydroxyl groups is 1. The van der Waals surface area contributed by atoms with Crippen LogP contribution in [0.15, 0.2) is 24.3 Å². The summed E-state index contributed by atoms with van der Waals surface area (Å²) in [5.74, 6) is -0.611. The van der Waals surface area contributed by atoms with Crippen molar-refractivity contribution in [1.29, 1.82) is 0 Å². The second-order valence-electron chi connectivity index (χ2n) is 5.75. The third-order valence-electron chi connectivity index (χ3n) is 4.03. The lowest BCUT2D eigenvalue weighted by Gasteiger charge is -2.23. The Kier molecular flexibility index (Phi) is 5.48. The smallest absolute Gasteiger partial charge is 0.387 e. The maximum absolute atomic E-state index is 12.7. The van der Waals surface area contributed by atoms with Crippen molar-refractivity contribution in [1.82, 2.24) is 10.2 Å². The number of aliphatic hydroxyl groups excluding tert-OH is 1. The van der Waals surface area contributed by atoms with Crippen molar-refractivity contribution in [2.24, 2.45) is 0 Å². The summed E-state index contributed by atoms with van der Waals surface area (Å²) in [7, 11) is 0. The Hall–Kier alpha value is -2.09. The van der Waals surface area contributed by atoms with Gasteiger partial charge in [-0.15, -0.1) is 0 Å². The van der Waals surface area contributed by atoms with E-state index in [-0.39, 0.29) is 18.0 Å². The van der Waals surface area contributed by atoms with Gasteiger partial charge in [0.25, 0.3) is 0 Å². The highest BCUT2D eigenvalue weighted by Crippen LogP contribution is 2.30. The molecule has 0 saturated carbocycles. The summed E-state index contributed by atoms with van der Waals surface area (Å²) >= 11 is 0. The first-order valence-electron chi connectivity index (χ1n) is 7.60. The van der Waals surface area contributed by atoms with Crippen molar-refractivity contribution in [2.45, 2.75) is 38.1 Å². The molecule has 1 saturated heterocycles. The van der Waals surface area contributed by atoms with Gasteiger partial charge >= 0.3 is 6.18 Å². The number of nitrogens with zero attached hydrogens (tertiary/aromatic N) is 1. The minimum absolute atomic E-state index is 0.0694. The van der Waals surface area contributed by atoms with Gasteiger partial charge < -0.3 is 15.3 Å². The molecule has 2 N–H and O–H groups in total. The van der Waals surface area contributed by atoms with Gasteiger partial charge in [0.2, 0.25) is 11.8 Å². The lowest BCUT2D eigenvalue weighted by atomic mass is 10.1. The van der Waals surface area contributed by atoms with Gasteiger partial charge in [-0.05, 0) is 30.5 Å². The van der Waals surface area contributed by atoms with Crippen LogP contribution in [-0.2, 0) is 15.8 Å². The monoisotopic (exact) mass is 344 g/mol. The molecule has 1 fully saturated rings. The molecule has 24 heavy (non-hydrogen) atoms. The van der Waals surface area contributed by atoms with Gasteiger partial charge in [-0.25, -0.2) is 0 Å². The normalized spacial score (nSPS) is 19.2. The van der Waals surface area contributed by atoms with Crippen molar-refractivity contribution in [2.75, 3.05) is 13.1 Å². The number of carbonyl (C=O) groups excluding carboxylic acids is 2. The predicted octanol–water partition coefficient (Wildman–Crippen LogP) is 1.87. The van der Waals surface area contributed by atoms with Crippen LogP contribution in [0.1, 0.15) is 37.0 Å². The van der Waals surface area contributed by atoms with Crippen molar-refractivity contribution in [3.05, 3.63) is 35.4 Å². The van der Waals surface area contributed by atoms with Crippen molar-refractivity contribution < 1.29 is 27.9 Å². The van der Waals surface area contributed by atoms with Crippen molar-refractivity contribution in [3.8, 4) is 0 Å². The highest BCUT2D eigenvalue weighted by Gasteiger charge is 2.33. The van der Waals surface area contributed by atoms with E-state index >= 15 is 0 Å². The zero-order valence-electron chi connectivity index (χ0n) is 13.1. The Morgan fingerprint density at radius 3 is 2.75 bits per heavy atom. The molecule has 1 heterocycles. The molecule has 8 heteroatoms. The number of benzene rings is 1. The summed E-state index contributed by atoms with van der Waals surface area (Å²) in [5, 5.41) is 12.5. The van der Waals surface area contributed by atoms with Crippen molar-refractivity contribution >= 4 is 11.8 Å². The Labute approximate surface area is 137 Å². The van der Waals surface area contributed by atoms with E-state index in [2.05, 4.69) is 5.32 Å². The van der Waals surface area contributed by atoms with Gasteiger partial charge in [0.15, 0.2) is 0 Å². The van der Waals surface area contributed by atoms with Crippen LogP contribution in [0, 0.1) is 0 Å². The van der Waals surface area contributed by atoms with E-state index in [0.29, 0.717) is 19.4 Å². The molecule has 0 bridgehead atoms. The number of hydrogen-bond donors (Lipinski definition) is 2. The largest absolute Gasteiger partial charge is 0.416 e. The van der Waals surface area contributed by atoms with Gasteiger partial charge in [0.05, 0.1) is 11.7 Å². The Balaban J connectivity index is 1.97. The van der Waals surface area contributed by atoms with E-state index in [1.807, 2.05) is 0 Å². The second kappa shape index (κ2) is 7.21. The van der Waals surface area contributed by atoms with Crippen LogP contribution in [0.4, 0.5) is 13.2 Å². The summed E-state index contributed by atoms with van der Waals surface area (Å²) in [6.45, 7) is 1.66. The zero-order valence-corrected chi connectivity index (χ0v) is 13.1. The van der Waals surface area contributed by atoms with E-state index < -0.39 is 29.8 Å². The first-order chi connectivity index (χ1) is 11.2. The van der Waals surface area contributed by atoms with Crippen LogP contribution in [0.25, 0.3) is 0 Å². The maximum atomic E-state index is 12.7. The Bertz CT molecular complexity index is 619. The molecule has 2 amide bonds. The summed E-state index contributed by atoms with van der Waals surface area (Å²) in [4.78, 5) is 25.0. The summed E-state index contributed by atoms with van der Waals surface area (Å²) in [6, 6.07) is 3.75. The van der Waals surface area contributed by atoms with Crippen LogP contribution >= 0.6 is 0 Å². The van der Waals surface area contributed by atoms with Gasteiger partial charge in [-0.2, -0.15) is 13.2 Å². The van der Waals surface area contributed by atoms with Crippen LogP contribution in [0.3, 0.4) is 0 Å². The maximum Gasteiger partial charge on any atom is 0.416 e. The van der Waals surface area contributed by atoms with E-state index in [9.17, 15) is 27.9 Å².